The van der Waals surface area contributed by atoms with Crippen molar-refractivity contribution in [2.24, 2.45) is 4.99 Å². The van der Waals surface area contributed by atoms with Gasteiger partial charge in [-0.3, -0.25) is 0 Å². The molecule has 0 saturated heterocycles. The van der Waals surface area contributed by atoms with Crippen LogP contribution in [0, 0.1) is 0 Å². The Morgan fingerprint density at radius 3 is 2.67 bits per heavy atom. The molecule has 1 aromatic carbocycles. The molecule has 0 radical (unpaired) electrons. The normalized spacial score (nSPS) is 15.2. The van der Waals surface area contributed by atoms with Gasteiger partial charge in [-0.2, -0.15) is 0 Å². The monoisotopic (exact) mass is 247 g/mol. The van der Waals surface area contributed by atoms with Crippen LogP contribution in [0.15, 0.2) is 23.2 Å². The van der Waals surface area contributed by atoms with Gasteiger partial charge in [0.25, 0.3) is 0 Å². The molecule has 0 aliphatic carbocycles. The lowest BCUT2D eigenvalue weighted by atomic mass is 9.86. The second kappa shape index (κ2) is 5.01. The summed E-state index contributed by atoms with van der Waals surface area (Å²) in [4.78, 5) is 4.36. The first-order valence-electron chi connectivity index (χ1n) is 6.47. The maximum absolute atomic E-state index is 5.72. The maximum Gasteiger partial charge on any atom is 0.220 e. The highest BCUT2D eigenvalue weighted by Crippen LogP contribution is 2.29. The SMILES string of the molecule is CCOc1cc(C(C)(C)C)ccc1C1=NCCO1. The summed E-state index contributed by atoms with van der Waals surface area (Å²) >= 11 is 0. The number of aliphatic imine (C=N–C) groups is 1. The maximum atomic E-state index is 5.72. The fraction of sp³-hybridized carbons (Fsp3) is 0.533. The fourth-order valence-corrected chi connectivity index (χ4v) is 1.94. The number of hydrogen-bond acceptors (Lipinski definition) is 3. The lowest BCUT2D eigenvalue weighted by molar-refractivity contribution is 0.328. The highest BCUT2D eigenvalue weighted by Gasteiger charge is 2.20. The van der Waals surface area contributed by atoms with E-state index < -0.39 is 0 Å². The molecule has 0 saturated carbocycles. The zero-order chi connectivity index (χ0) is 13.2. The van der Waals surface area contributed by atoms with E-state index in [1.54, 1.807) is 0 Å². The van der Waals surface area contributed by atoms with E-state index in [0.717, 1.165) is 17.9 Å². The minimum Gasteiger partial charge on any atom is -0.493 e. The minimum atomic E-state index is 0.114. The Morgan fingerprint density at radius 1 is 1.33 bits per heavy atom. The van der Waals surface area contributed by atoms with E-state index in [0.29, 0.717) is 19.1 Å². The molecule has 18 heavy (non-hydrogen) atoms. The Hall–Kier alpha value is -1.51. The predicted molar refractivity (Wildman–Crippen MR) is 73.7 cm³/mol. The van der Waals surface area contributed by atoms with Gasteiger partial charge in [-0.1, -0.05) is 26.8 Å². The third-order valence-electron chi connectivity index (χ3n) is 2.96. The molecule has 0 unspecified atom stereocenters. The van der Waals surface area contributed by atoms with E-state index in [1.807, 2.05) is 6.92 Å². The van der Waals surface area contributed by atoms with Gasteiger partial charge < -0.3 is 9.47 Å². The predicted octanol–water partition coefficient (Wildman–Crippen LogP) is 3.16. The molecule has 0 atom stereocenters. The molecule has 2 rings (SSSR count). The van der Waals surface area contributed by atoms with Crippen molar-refractivity contribution in [2.75, 3.05) is 19.8 Å². The fourth-order valence-electron chi connectivity index (χ4n) is 1.94. The summed E-state index contributed by atoms with van der Waals surface area (Å²) in [5, 5.41) is 0. The van der Waals surface area contributed by atoms with E-state index >= 15 is 0 Å². The minimum absolute atomic E-state index is 0.114. The van der Waals surface area contributed by atoms with Crippen LogP contribution in [0.4, 0.5) is 0 Å². The van der Waals surface area contributed by atoms with E-state index in [4.69, 9.17) is 9.47 Å². The van der Waals surface area contributed by atoms with E-state index in [1.165, 1.54) is 5.56 Å². The molecule has 1 aliphatic heterocycles. The van der Waals surface area contributed by atoms with Crippen LogP contribution in [0.1, 0.15) is 38.8 Å². The van der Waals surface area contributed by atoms with E-state index in [-0.39, 0.29) is 5.41 Å². The highest BCUT2D eigenvalue weighted by atomic mass is 16.5. The lowest BCUT2D eigenvalue weighted by Crippen LogP contribution is -2.13. The first-order valence-corrected chi connectivity index (χ1v) is 6.47. The van der Waals surface area contributed by atoms with Gasteiger partial charge in [-0.25, -0.2) is 4.99 Å². The van der Waals surface area contributed by atoms with Crippen molar-refractivity contribution in [2.45, 2.75) is 33.1 Å². The summed E-state index contributed by atoms with van der Waals surface area (Å²) in [7, 11) is 0. The van der Waals surface area contributed by atoms with Crippen LogP contribution in [-0.2, 0) is 10.2 Å². The molecule has 0 N–H and O–H groups in total. The molecule has 0 spiro atoms. The molecule has 3 heteroatoms. The van der Waals surface area contributed by atoms with Gasteiger partial charge in [-0.05, 0) is 30.0 Å². The highest BCUT2D eigenvalue weighted by molar-refractivity contribution is 5.97. The number of benzene rings is 1. The number of nitrogens with zero attached hydrogens (tertiary/aromatic N) is 1. The third kappa shape index (κ3) is 2.66. The van der Waals surface area contributed by atoms with Gasteiger partial charge >= 0.3 is 0 Å². The van der Waals surface area contributed by atoms with Crippen LogP contribution in [0.5, 0.6) is 5.75 Å². The molecule has 0 fully saturated rings. The molecule has 0 aromatic heterocycles. The molecule has 0 bridgehead atoms. The smallest absolute Gasteiger partial charge is 0.220 e. The second-order valence-corrected chi connectivity index (χ2v) is 5.43. The van der Waals surface area contributed by atoms with Crippen molar-refractivity contribution in [3.05, 3.63) is 29.3 Å². The zero-order valence-corrected chi connectivity index (χ0v) is 11.6. The van der Waals surface area contributed by atoms with Gasteiger partial charge in [-0.15, -0.1) is 0 Å². The number of ether oxygens (including phenoxy) is 2. The zero-order valence-electron chi connectivity index (χ0n) is 11.6. The van der Waals surface area contributed by atoms with Crippen LogP contribution < -0.4 is 4.74 Å². The van der Waals surface area contributed by atoms with Crippen LogP contribution in [0.2, 0.25) is 0 Å². The average Bonchev–Trinajstić information content (AvgIpc) is 2.81. The van der Waals surface area contributed by atoms with Crippen molar-refractivity contribution in [1.82, 2.24) is 0 Å². The van der Waals surface area contributed by atoms with Crippen molar-refractivity contribution < 1.29 is 9.47 Å². The van der Waals surface area contributed by atoms with Crippen LogP contribution in [0.3, 0.4) is 0 Å². The Kier molecular flexibility index (Phi) is 3.60. The molecular formula is C15H21NO2. The van der Waals surface area contributed by atoms with Gasteiger partial charge in [0.1, 0.15) is 12.4 Å². The van der Waals surface area contributed by atoms with E-state index in [9.17, 15) is 0 Å². The van der Waals surface area contributed by atoms with Crippen molar-refractivity contribution >= 4 is 5.90 Å². The molecular weight excluding hydrogens is 226 g/mol. The second-order valence-electron chi connectivity index (χ2n) is 5.43. The summed E-state index contributed by atoms with van der Waals surface area (Å²) in [5.41, 5.74) is 2.33. The van der Waals surface area contributed by atoms with E-state index in [2.05, 4.69) is 44.0 Å². The Bertz CT molecular complexity index is 458. The molecule has 0 amide bonds. The van der Waals surface area contributed by atoms with Gasteiger partial charge in [0.15, 0.2) is 0 Å². The Labute approximate surface area is 109 Å². The molecule has 1 aliphatic rings. The van der Waals surface area contributed by atoms with Crippen LogP contribution >= 0.6 is 0 Å². The van der Waals surface area contributed by atoms with Crippen molar-refractivity contribution in [3.63, 3.8) is 0 Å². The molecule has 1 aromatic rings. The largest absolute Gasteiger partial charge is 0.493 e. The molecule has 1 heterocycles. The summed E-state index contributed by atoms with van der Waals surface area (Å²) in [6.45, 7) is 10.6. The Morgan fingerprint density at radius 2 is 2.11 bits per heavy atom. The van der Waals surface area contributed by atoms with Crippen molar-refractivity contribution in [1.29, 1.82) is 0 Å². The van der Waals surface area contributed by atoms with Gasteiger partial charge in [0.05, 0.1) is 18.7 Å². The number of rotatable bonds is 3. The molecule has 98 valence electrons. The third-order valence-corrected chi connectivity index (χ3v) is 2.96. The van der Waals surface area contributed by atoms with Gasteiger partial charge in [0, 0.05) is 0 Å². The molecule has 3 nitrogen and oxygen atoms in total. The standard InChI is InChI=1S/C15H21NO2/c1-5-17-13-10-11(15(2,3)4)6-7-12(13)14-16-8-9-18-14/h6-7,10H,5,8-9H2,1-4H3. The first-order chi connectivity index (χ1) is 8.52. The quantitative estimate of drug-likeness (QED) is 0.821. The average molecular weight is 247 g/mol. The van der Waals surface area contributed by atoms with Crippen LogP contribution in [-0.4, -0.2) is 25.7 Å². The lowest BCUT2D eigenvalue weighted by Gasteiger charge is -2.21. The first kappa shape index (κ1) is 12.9. The summed E-state index contributed by atoms with van der Waals surface area (Å²) in [6.07, 6.45) is 0. The Balaban J connectivity index is 2.41. The summed E-state index contributed by atoms with van der Waals surface area (Å²) in [6, 6.07) is 6.28. The van der Waals surface area contributed by atoms with Crippen LogP contribution in [0.25, 0.3) is 0 Å². The van der Waals surface area contributed by atoms with Crippen molar-refractivity contribution in [3.8, 4) is 5.75 Å². The summed E-state index contributed by atoms with van der Waals surface area (Å²) < 4.78 is 11.2. The topological polar surface area (TPSA) is 30.8 Å². The number of hydrogen-bond donors (Lipinski definition) is 0. The summed E-state index contributed by atoms with van der Waals surface area (Å²) in [5.74, 6) is 1.57. The van der Waals surface area contributed by atoms with Gasteiger partial charge in [0.2, 0.25) is 5.90 Å².